The normalized spacial score (nSPS) is 31.4. The Kier molecular flexibility index (Phi) is 4.40. The molecule has 0 aromatic heterocycles. The number of aliphatic carboxylic acids is 1. The van der Waals surface area contributed by atoms with E-state index < -0.39 is 17.8 Å². The number of carboxylic acid groups (broad SMARTS) is 1. The lowest BCUT2D eigenvalue weighted by Gasteiger charge is -2.37. The number of hydrogen-bond acceptors (Lipinski definition) is 6. The smallest absolute Gasteiger partial charge is 0.310 e. The molecule has 4 atom stereocenters. The van der Waals surface area contributed by atoms with Gasteiger partial charge in [0.15, 0.2) is 11.5 Å². The summed E-state index contributed by atoms with van der Waals surface area (Å²) in [5.74, 6) is -0.633. The molecule has 4 heterocycles. The van der Waals surface area contributed by atoms with E-state index in [0.717, 1.165) is 49.5 Å². The van der Waals surface area contributed by atoms with Crippen molar-refractivity contribution in [3.63, 3.8) is 0 Å². The molecular formula is C20H24N2O6. The molecular weight excluding hydrogens is 364 g/mol. The number of amides is 1. The number of piperazine rings is 1. The lowest BCUT2D eigenvalue weighted by molar-refractivity contribution is -0.151. The molecule has 3 fully saturated rings. The third-order valence-corrected chi connectivity index (χ3v) is 6.37. The Morgan fingerprint density at radius 2 is 1.71 bits per heavy atom. The van der Waals surface area contributed by atoms with Crippen LogP contribution in [0.25, 0.3) is 0 Å². The number of carbonyl (C=O) groups is 2. The van der Waals surface area contributed by atoms with E-state index in [4.69, 9.17) is 14.2 Å². The minimum atomic E-state index is -0.910. The molecule has 28 heavy (non-hydrogen) atoms. The predicted octanol–water partition coefficient (Wildman–Crippen LogP) is 0.938. The number of carbonyl (C=O) groups excluding carboxylic acids is 1. The highest BCUT2D eigenvalue weighted by Gasteiger charge is 2.56. The first-order valence-corrected chi connectivity index (χ1v) is 9.88. The number of nitrogens with zero attached hydrogens (tertiary/aromatic N) is 2. The summed E-state index contributed by atoms with van der Waals surface area (Å²) in [6.07, 6.45) is 0.998. The largest absolute Gasteiger partial charge is 0.481 e. The Labute approximate surface area is 162 Å². The van der Waals surface area contributed by atoms with Crippen molar-refractivity contribution in [2.24, 2.45) is 11.8 Å². The van der Waals surface area contributed by atoms with Gasteiger partial charge in [-0.1, -0.05) is 6.07 Å². The Hall–Kier alpha value is -2.32. The summed E-state index contributed by atoms with van der Waals surface area (Å²) in [7, 11) is 0. The zero-order valence-electron chi connectivity index (χ0n) is 15.6. The van der Waals surface area contributed by atoms with Crippen LogP contribution in [-0.4, -0.2) is 72.0 Å². The van der Waals surface area contributed by atoms with E-state index in [1.165, 1.54) is 0 Å². The Morgan fingerprint density at radius 1 is 1.00 bits per heavy atom. The quantitative estimate of drug-likeness (QED) is 0.821. The van der Waals surface area contributed by atoms with E-state index in [1.54, 1.807) is 0 Å². The van der Waals surface area contributed by atoms with Crippen LogP contribution >= 0.6 is 0 Å². The SMILES string of the molecule is O=C(O)[C@H]1[C@H](C(=O)N2CCN(Cc3ccc4c(c3)OCO4)CC2)[C@H]2CC[C@H]1O2. The molecule has 150 valence electrons. The van der Waals surface area contributed by atoms with E-state index in [1.807, 2.05) is 23.1 Å². The molecule has 2 bridgehead atoms. The van der Waals surface area contributed by atoms with E-state index in [9.17, 15) is 14.7 Å². The Balaban J connectivity index is 1.19. The van der Waals surface area contributed by atoms with Gasteiger partial charge in [0.05, 0.1) is 24.0 Å². The van der Waals surface area contributed by atoms with Crippen molar-refractivity contribution in [2.45, 2.75) is 31.6 Å². The van der Waals surface area contributed by atoms with Crippen LogP contribution in [0.15, 0.2) is 18.2 Å². The van der Waals surface area contributed by atoms with Gasteiger partial charge in [-0.05, 0) is 30.5 Å². The summed E-state index contributed by atoms with van der Waals surface area (Å²) in [4.78, 5) is 28.8. The molecule has 0 unspecified atom stereocenters. The number of benzene rings is 1. The van der Waals surface area contributed by atoms with E-state index in [0.29, 0.717) is 13.1 Å². The molecule has 0 saturated carbocycles. The average Bonchev–Trinajstić information content (AvgIpc) is 3.43. The summed E-state index contributed by atoms with van der Waals surface area (Å²) in [5, 5.41) is 9.55. The average molecular weight is 388 g/mol. The van der Waals surface area contributed by atoms with Crippen LogP contribution in [0.4, 0.5) is 0 Å². The molecule has 4 aliphatic rings. The van der Waals surface area contributed by atoms with Crippen molar-refractivity contribution < 1.29 is 28.9 Å². The fraction of sp³-hybridized carbons (Fsp3) is 0.600. The van der Waals surface area contributed by atoms with Crippen LogP contribution in [-0.2, 0) is 20.9 Å². The molecule has 5 rings (SSSR count). The predicted molar refractivity (Wildman–Crippen MR) is 96.9 cm³/mol. The zero-order valence-corrected chi connectivity index (χ0v) is 15.6. The molecule has 3 saturated heterocycles. The van der Waals surface area contributed by atoms with Gasteiger partial charge in [-0.25, -0.2) is 0 Å². The summed E-state index contributed by atoms with van der Waals surface area (Å²) in [6.45, 7) is 3.81. The van der Waals surface area contributed by atoms with Crippen molar-refractivity contribution in [1.29, 1.82) is 0 Å². The monoisotopic (exact) mass is 388 g/mol. The van der Waals surface area contributed by atoms with Crippen LogP contribution in [0.3, 0.4) is 0 Å². The summed E-state index contributed by atoms with van der Waals surface area (Å²) >= 11 is 0. The van der Waals surface area contributed by atoms with Crippen molar-refractivity contribution in [3.05, 3.63) is 23.8 Å². The first kappa shape index (κ1) is 17.8. The van der Waals surface area contributed by atoms with E-state index in [-0.39, 0.29) is 24.9 Å². The first-order chi connectivity index (χ1) is 13.6. The summed E-state index contributed by atoms with van der Waals surface area (Å²) in [6, 6.07) is 5.97. The third-order valence-electron chi connectivity index (χ3n) is 6.37. The second-order valence-corrected chi connectivity index (χ2v) is 7.97. The number of fused-ring (bicyclic) bond motifs is 3. The number of carboxylic acids is 1. The van der Waals surface area contributed by atoms with Crippen molar-refractivity contribution in [1.82, 2.24) is 9.80 Å². The highest BCUT2D eigenvalue weighted by atomic mass is 16.7. The minimum absolute atomic E-state index is 0.0534. The Bertz CT molecular complexity index is 791. The van der Waals surface area contributed by atoms with Crippen molar-refractivity contribution in [3.8, 4) is 11.5 Å². The molecule has 0 aliphatic carbocycles. The van der Waals surface area contributed by atoms with Gasteiger partial charge in [-0.3, -0.25) is 14.5 Å². The maximum Gasteiger partial charge on any atom is 0.310 e. The number of hydrogen-bond donors (Lipinski definition) is 1. The fourth-order valence-corrected chi connectivity index (χ4v) is 4.94. The van der Waals surface area contributed by atoms with Gasteiger partial charge in [0.1, 0.15) is 0 Å². The van der Waals surface area contributed by atoms with Gasteiger partial charge in [0.2, 0.25) is 12.7 Å². The van der Waals surface area contributed by atoms with Crippen LogP contribution in [0.2, 0.25) is 0 Å². The summed E-state index contributed by atoms with van der Waals surface area (Å²) in [5.41, 5.74) is 1.15. The molecule has 4 aliphatic heterocycles. The van der Waals surface area contributed by atoms with Gasteiger partial charge in [0.25, 0.3) is 0 Å². The van der Waals surface area contributed by atoms with Crippen LogP contribution in [0, 0.1) is 11.8 Å². The zero-order chi connectivity index (χ0) is 19.3. The number of rotatable bonds is 4. The molecule has 1 aromatic rings. The molecule has 8 nitrogen and oxygen atoms in total. The van der Waals surface area contributed by atoms with Gasteiger partial charge >= 0.3 is 5.97 Å². The molecule has 0 radical (unpaired) electrons. The molecule has 1 amide bonds. The molecule has 8 heteroatoms. The van der Waals surface area contributed by atoms with Gasteiger partial charge in [0, 0.05) is 32.7 Å². The molecule has 1 N–H and O–H groups in total. The van der Waals surface area contributed by atoms with Gasteiger partial charge in [-0.2, -0.15) is 0 Å². The highest BCUT2D eigenvalue weighted by molar-refractivity contribution is 5.86. The van der Waals surface area contributed by atoms with E-state index in [2.05, 4.69) is 4.90 Å². The van der Waals surface area contributed by atoms with Crippen LogP contribution in [0.5, 0.6) is 11.5 Å². The third kappa shape index (κ3) is 3.00. The lowest BCUT2D eigenvalue weighted by atomic mass is 9.78. The topological polar surface area (TPSA) is 88.5 Å². The maximum atomic E-state index is 13.0. The van der Waals surface area contributed by atoms with E-state index >= 15 is 0 Å². The van der Waals surface area contributed by atoms with Crippen LogP contribution < -0.4 is 9.47 Å². The van der Waals surface area contributed by atoms with Crippen molar-refractivity contribution in [2.75, 3.05) is 33.0 Å². The Morgan fingerprint density at radius 3 is 2.46 bits per heavy atom. The lowest BCUT2D eigenvalue weighted by Crippen LogP contribution is -2.53. The molecule has 1 aromatic carbocycles. The van der Waals surface area contributed by atoms with Gasteiger partial charge < -0.3 is 24.2 Å². The van der Waals surface area contributed by atoms with Crippen LogP contribution in [0.1, 0.15) is 18.4 Å². The molecule has 0 spiro atoms. The minimum Gasteiger partial charge on any atom is -0.481 e. The standard InChI is InChI=1S/C20H24N2O6/c23-19(17-14-3-4-15(28-14)18(17)20(24)25)22-7-5-21(6-8-22)10-12-1-2-13-16(9-12)27-11-26-13/h1-2,9,14-15,17-18H,3-8,10-11H2,(H,24,25)/t14-,15-,17-,18-/m1/s1. The van der Waals surface area contributed by atoms with Gasteiger partial charge in [-0.15, -0.1) is 0 Å². The number of ether oxygens (including phenoxy) is 3. The summed E-state index contributed by atoms with van der Waals surface area (Å²) < 4.78 is 16.5. The first-order valence-electron chi connectivity index (χ1n) is 9.88. The van der Waals surface area contributed by atoms with Crippen molar-refractivity contribution >= 4 is 11.9 Å². The highest BCUT2D eigenvalue weighted by Crippen LogP contribution is 2.44. The second-order valence-electron chi connectivity index (χ2n) is 7.97. The second kappa shape index (κ2) is 6.93. The maximum absolute atomic E-state index is 13.0. The fourth-order valence-electron chi connectivity index (χ4n) is 4.94.